The predicted octanol–water partition coefficient (Wildman–Crippen LogP) is 3.31. The fourth-order valence-electron chi connectivity index (χ4n) is 3.28. The van der Waals surface area contributed by atoms with E-state index in [0.717, 1.165) is 44.8 Å². The van der Waals surface area contributed by atoms with E-state index in [-0.39, 0.29) is 5.91 Å². The molecule has 0 saturated carbocycles. The number of piperazine rings is 1. The minimum absolute atomic E-state index is 0.0706. The molecule has 0 spiro atoms. The molecule has 3 rings (SSSR count). The van der Waals surface area contributed by atoms with Gasteiger partial charge in [0.15, 0.2) is 0 Å². The number of carbonyl (C=O) groups is 1. The van der Waals surface area contributed by atoms with Crippen molar-refractivity contribution in [3.63, 3.8) is 0 Å². The van der Waals surface area contributed by atoms with Gasteiger partial charge in [0.2, 0.25) is 5.91 Å². The minimum atomic E-state index is 0.0706. The van der Waals surface area contributed by atoms with Gasteiger partial charge < -0.3 is 5.32 Å². The molecule has 0 bridgehead atoms. The molecule has 1 saturated heterocycles. The predicted molar refractivity (Wildman–Crippen MR) is 107 cm³/mol. The maximum absolute atomic E-state index is 12.3. The number of amides is 1. The van der Waals surface area contributed by atoms with Gasteiger partial charge in [-0.3, -0.25) is 14.6 Å². The van der Waals surface area contributed by atoms with Crippen LogP contribution in [-0.2, 0) is 17.8 Å². The van der Waals surface area contributed by atoms with Crippen LogP contribution in [0.1, 0.15) is 23.6 Å². The number of hydrogen-bond acceptors (Lipinski definition) is 3. The number of aryl methyl sites for hydroxylation is 2. The molecule has 138 valence electrons. The van der Waals surface area contributed by atoms with Crippen LogP contribution < -0.4 is 5.32 Å². The second kappa shape index (κ2) is 8.97. The monoisotopic (exact) mass is 351 g/mol. The van der Waals surface area contributed by atoms with Crippen LogP contribution in [0.3, 0.4) is 0 Å². The summed E-state index contributed by atoms with van der Waals surface area (Å²) < 4.78 is 0. The largest absolute Gasteiger partial charge is 0.325 e. The third-order valence-electron chi connectivity index (χ3n) is 5.00. The van der Waals surface area contributed by atoms with E-state index in [1.54, 1.807) is 0 Å². The smallest absolute Gasteiger partial charge is 0.238 e. The van der Waals surface area contributed by atoms with E-state index in [0.29, 0.717) is 6.54 Å². The summed E-state index contributed by atoms with van der Waals surface area (Å²) in [7, 11) is 0. The molecule has 1 amide bonds. The lowest BCUT2D eigenvalue weighted by Gasteiger charge is -2.34. The highest BCUT2D eigenvalue weighted by Crippen LogP contribution is 2.12. The fraction of sp³-hybridized carbons (Fsp3) is 0.409. The Morgan fingerprint density at radius 1 is 0.885 bits per heavy atom. The van der Waals surface area contributed by atoms with Crippen LogP contribution in [0.25, 0.3) is 0 Å². The third-order valence-corrected chi connectivity index (χ3v) is 5.00. The number of hydrogen-bond donors (Lipinski definition) is 1. The van der Waals surface area contributed by atoms with Crippen LogP contribution in [0.4, 0.5) is 5.69 Å². The molecule has 4 heteroatoms. The summed E-state index contributed by atoms with van der Waals surface area (Å²) in [6, 6.07) is 16.9. The molecule has 1 aliphatic rings. The Kier molecular flexibility index (Phi) is 6.42. The van der Waals surface area contributed by atoms with E-state index in [4.69, 9.17) is 0 Å². The second-order valence-corrected chi connectivity index (χ2v) is 7.14. The van der Waals surface area contributed by atoms with Gasteiger partial charge in [-0.05, 0) is 36.6 Å². The van der Waals surface area contributed by atoms with Crippen molar-refractivity contribution in [2.24, 2.45) is 0 Å². The summed E-state index contributed by atoms with van der Waals surface area (Å²) in [6.07, 6.45) is 1.01. The van der Waals surface area contributed by atoms with Crippen molar-refractivity contribution < 1.29 is 4.79 Å². The SMILES string of the molecule is CCc1ccc(NC(=O)CN2CCN(Cc3ccc(C)cc3)CC2)cc1. The van der Waals surface area contributed by atoms with Gasteiger partial charge in [0.25, 0.3) is 0 Å². The van der Waals surface area contributed by atoms with Gasteiger partial charge in [-0.1, -0.05) is 48.9 Å². The summed E-state index contributed by atoms with van der Waals surface area (Å²) in [4.78, 5) is 17.0. The zero-order valence-corrected chi connectivity index (χ0v) is 15.9. The molecule has 1 aliphatic heterocycles. The van der Waals surface area contributed by atoms with Gasteiger partial charge in [-0.25, -0.2) is 0 Å². The number of nitrogens with one attached hydrogen (secondary N) is 1. The van der Waals surface area contributed by atoms with E-state index in [1.807, 2.05) is 12.1 Å². The van der Waals surface area contributed by atoms with E-state index in [9.17, 15) is 4.79 Å². The topological polar surface area (TPSA) is 35.6 Å². The average Bonchev–Trinajstić information content (AvgIpc) is 2.66. The summed E-state index contributed by atoms with van der Waals surface area (Å²) in [5.41, 5.74) is 4.82. The first-order chi connectivity index (χ1) is 12.6. The van der Waals surface area contributed by atoms with Gasteiger partial charge in [-0.2, -0.15) is 0 Å². The van der Waals surface area contributed by atoms with Gasteiger partial charge in [0.05, 0.1) is 6.54 Å². The molecule has 0 aliphatic carbocycles. The minimum Gasteiger partial charge on any atom is -0.325 e. The summed E-state index contributed by atoms with van der Waals surface area (Å²) in [6.45, 7) is 9.59. The highest BCUT2D eigenvalue weighted by molar-refractivity contribution is 5.92. The summed E-state index contributed by atoms with van der Waals surface area (Å²) in [5.74, 6) is 0.0706. The highest BCUT2D eigenvalue weighted by Gasteiger charge is 2.19. The van der Waals surface area contributed by atoms with Gasteiger partial charge in [0, 0.05) is 38.4 Å². The lowest BCUT2D eigenvalue weighted by molar-refractivity contribution is -0.117. The Balaban J connectivity index is 1.41. The Morgan fingerprint density at radius 3 is 2.08 bits per heavy atom. The number of nitrogens with zero attached hydrogens (tertiary/aromatic N) is 2. The van der Waals surface area contributed by atoms with E-state index >= 15 is 0 Å². The standard InChI is InChI=1S/C22H29N3O/c1-3-19-8-10-21(11-9-19)23-22(26)17-25-14-12-24(13-15-25)16-20-6-4-18(2)5-7-20/h4-11H,3,12-17H2,1-2H3,(H,23,26). The van der Waals surface area contributed by atoms with Gasteiger partial charge >= 0.3 is 0 Å². The molecule has 2 aromatic rings. The van der Waals surface area contributed by atoms with Crippen LogP contribution in [-0.4, -0.2) is 48.4 Å². The summed E-state index contributed by atoms with van der Waals surface area (Å²) in [5, 5.41) is 3.00. The van der Waals surface area contributed by atoms with Gasteiger partial charge in [-0.15, -0.1) is 0 Å². The van der Waals surface area contributed by atoms with Crippen molar-refractivity contribution in [2.75, 3.05) is 38.0 Å². The first-order valence-corrected chi connectivity index (χ1v) is 9.51. The molecule has 0 radical (unpaired) electrons. The number of carbonyl (C=O) groups excluding carboxylic acids is 1. The Labute approximate surface area is 156 Å². The van der Waals surface area contributed by atoms with Crippen molar-refractivity contribution in [2.45, 2.75) is 26.8 Å². The molecule has 0 atom stereocenters. The van der Waals surface area contributed by atoms with Crippen molar-refractivity contribution in [1.82, 2.24) is 9.80 Å². The summed E-state index contributed by atoms with van der Waals surface area (Å²) >= 11 is 0. The molecule has 4 nitrogen and oxygen atoms in total. The van der Waals surface area contributed by atoms with Gasteiger partial charge in [0.1, 0.15) is 0 Å². The maximum atomic E-state index is 12.3. The first kappa shape index (κ1) is 18.6. The lowest BCUT2D eigenvalue weighted by atomic mass is 10.1. The van der Waals surface area contributed by atoms with Crippen LogP contribution in [0, 0.1) is 6.92 Å². The van der Waals surface area contributed by atoms with Crippen molar-refractivity contribution in [3.8, 4) is 0 Å². The van der Waals surface area contributed by atoms with Crippen LogP contribution in [0.2, 0.25) is 0 Å². The second-order valence-electron chi connectivity index (χ2n) is 7.14. The zero-order valence-electron chi connectivity index (χ0n) is 15.9. The maximum Gasteiger partial charge on any atom is 0.238 e. The Morgan fingerprint density at radius 2 is 1.46 bits per heavy atom. The zero-order chi connectivity index (χ0) is 18.4. The molecule has 1 heterocycles. The number of benzene rings is 2. The lowest BCUT2D eigenvalue weighted by Crippen LogP contribution is -2.48. The van der Waals surface area contributed by atoms with Crippen LogP contribution in [0.5, 0.6) is 0 Å². The molecular weight excluding hydrogens is 322 g/mol. The van der Waals surface area contributed by atoms with E-state index in [2.05, 4.69) is 65.4 Å². The van der Waals surface area contributed by atoms with E-state index in [1.165, 1.54) is 16.7 Å². The van der Waals surface area contributed by atoms with Crippen molar-refractivity contribution >= 4 is 11.6 Å². The third kappa shape index (κ3) is 5.41. The van der Waals surface area contributed by atoms with Crippen LogP contribution in [0.15, 0.2) is 48.5 Å². The Bertz CT molecular complexity index is 701. The van der Waals surface area contributed by atoms with Crippen molar-refractivity contribution in [3.05, 3.63) is 65.2 Å². The number of rotatable bonds is 6. The number of anilines is 1. The molecule has 0 unspecified atom stereocenters. The first-order valence-electron chi connectivity index (χ1n) is 9.51. The molecule has 2 aromatic carbocycles. The molecule has 26 heavy (non-hydrogen) atoms. The van der Waals surface area contributed by atoms with Crippen molar-refractivity contribution in [1.29, 1.82) is 0 Å². The molecule has 1 fully saturated rings. The van der Waals surface area contributed by atoms with E-state index < -0.39 is 0 Å². The molecule has 1 N–H and O–H groups in total. The molecular formula is C22H29N3O. The fourth-order valence-corrected chi connectivity index (χ4v) is 3.28. The normalized spacial score (nSPS) is 15.8. The molecule has 0 aromatic heterocycles. The van der Waals surface area contributed by atoms with Crippen LogP contribution >= 0.6 is 0 Å². The quantitative estimate of drug-likeness (QED) is 0.867. The average molecular weight is 351 g/mol. The highest BCUT2D eigenvalue weighted by atomic mass is 16.2. The Hall–Kier alpha value is -2.17.